The van der Waals surface area contributed by atoms with Gasteiger partial charge in [-0.25, -0.2) is 4.79 Å². The second-order valence-corrected chi connectivity index (χ2v) is 8.27. The van der Waals surface area contributed by atoms with E-state index >= 15 is 0 Å². The van der Waals surface area contributed by atoms with Crippen molar-refractivity contribution in [1.29, 1.82) is 0 Å². The number of ether oxygens (including phenoxy) is 1. The smallest absolute Gasteiger partial charge is 0.326 e. The van der Waals surface area contributed by atoms with E-state index in [0.717, 1.165) is 10.5 Å². The highest BCUT2D eigenvalue weighted by Crippen LogP contribution is 2.23. The summed E-state index contributed by atoms with van der Waals surface area (Å²) in [6.07, 6.45) is -1.02. The first-order chi connectivity index (χ1) is 12.3. The number of ketones is 1. The Morgan fingerprint density at radius 2 is 1.70 bits per heavy atom. The summed E-state index contributed by atoms with van der Waals surface area (Å²) in [4.78, 5) is 49.3. The van der Waals surface area contributed by atoms with Gasteiger partial charge in [0.2, 0.25) is 5.78 Å². The SMILES string of the molecule is C[C@@H](OC(=O)CN1C(=O)NC(C)(C)C1=O)C(=O)c1ccc(C(C)(C)C)cc1. The van der Waals surface area contributed by atoms with Gasteiger partial charge >= 0.3 is 12.0 Å². The molecule has 0 aromatic heterocycles. The third kappa shape index (κ3) is 4.53. The van der Waals surface area contributed by atoms with Gasteiger partial charge in [0.15, 0.2) is 6.10 Å². The molecule has 0 unspecified atom stereocenters. The predicted octanol–water partition coefficient (Wildman–Crippen LogP) is 2.43. The first-order valence-electron chi connectivity index (χ1n) is 8.81. The summed E-state index contributed by atoms with van der Waals surface area (Å²) in [6, 6.07) is 6.49. The monoisotopic (exact) mass is 374 g/mol. The fourth-order valence-corrected chi connectivity index (χ4v) is 2.75. The molecule has 146 valence electrons. The minimum absolute atomic E-state index is 0.0315. The van der Waals surface area contributed by atoms with Crippen molar-refractivity contribution in [1.82, 2.24) is 10.2 Å². The molecule has 1 fully saturated rings. The van der Waals surface area contributed by atoms with Gasteiger partial charge in [0, 0.05) is 5.56 Å². The number of carbonyl (C=O) groups is 4. The lowest BCUT2D eigenvalue weighted by Gasteiger charge is -2.20. The van der Waals surface area contributed by atoms with Crippen LogP contribution in [0.25, 0.3) is 0 Å². The van der Waals surface area contributed by atoms with Crippen molar-refractivity contribution in [2.24, 2.45) is 0 Å². The Bertz CT molecular complexity index is 775. The average Bonchev–Trinajstić information content (AvgIpc) is 2.75. The van der Waals surface area contributed by atoms with Gasteiger partial charge in [-0.1, -0.05) is 45.0 Å². The highest BCUT2D eigenvalue weighted by molar-refractivity contribution is 6.08. The average molecular weight is 374 g/mol. The van der Waals surface area contributed by atoms with Crippen LogP contribution in [-0.4, -0.2) is 46.8 Å². The number of rotatable bonds is 5. The van der Waals surface area contributed by atoms with Crippen LogP contribution in [0.5, 0.6) is 0 Å². The van der Waals surface area contributed by atoms with Crippen molar-refractivity contribution < 1.29 is 23.9 Å². The first-order valence-corrected chi connectivity index (χ1v) is 8.81. The normalized spacial score (nSPS) is 17.5. The number of hydrogen-bond acceptors (Lipinski definition) is 5. The number of Topliss-reactive ketones (excluding diaryl/α,β-unsaturated/α-hetero) is 1. The molecule has 27 heavy (non-hydrogen) atoms. The molecule has 0 saturated carbocycles. The van der Waals surface area contributed by atoms with Crippen LogP contribution < -0.4 is 5.32 Å². The molecule has 3 amide bonds. The van der Waals surface area contributed by atoms with Crippen LogP contribution in [0.4, 0.5) is 4.79 Å². The predicted molar refractivity (Wildman–Crippen MR) is 99.4 cm³/mol. The Hall–Kier alpha value is -2.70. The third-order valence-corrected chi connectivity index (χ3v) is 4.44. The van der Waals surface area contributed by atoms with E-state index in [2.05, 4.69) is 26.1 Å². The van der Waals surface area contributed by atoms with Gasteiger partial charge in [-0.05, 0) is 31.7 Å². The van der Waals surface area contributed by atoms with E-state index in [-0.39, 0.29) is 11.2 Å². The van der Waals surface area contributed by atoms with E-state index in [1.54, 1.807) is 26.0 Å². The summed E-state index contributed by atoms with van der Waals surface area (Å²) in [5, 5.41) is 2.48. The highest BCUT2D eigenvalue weighted by atomic mass is 16.5. The van der Waals surface area contributed by atoms with Gasteiger partial charge in [0.1, 0.15) is 12.1 Å². The van der Waals surface area contributed by atoms with Crippen molar-refractivity contribution in [3.8, 4) is 0 Å². The van der Waals surface area contributed by atoms with Crippen molar-refractivity contribution >= 4 is 23.7 Å². The first kappa shape index (κ1) is 20.6. The maximum Gasteiger partial charge on any atom is 0.326 e. The lowest BCUT2D eigenvalue weighted by molar-refractivity contribution is -0.149. The molecule has 1 heterocycles. The van der Waals surface area contributed by atoms with Crippen LogP contribution in [0, 0.1) is 0 Å². The number of imide groups is 1. The lowest BCUT2D eigenvalue weighted by Crippen LogP contribution is -2.41. The lowest BCUT2D eigenvalue weighted by atomic mass is 9.86. The number of esters is 1. The summed E-state index contributed by atoms with van der Waals surface area (Å²) < 4.78 is 5.13. The molecule has 2 rings (SSSR count). The summed E-state index contributed by atoms with van der Waals surface area (Å²) in [5.41, 5.74) is 0.424. The molecule has 1 aromatic rings. The van der Waals surface area contributed by atoms with Gasteiger partial charge in [0.05, 0.1) is 0 Å². The van der Waals surface area contributed by atoms with Gasteiger partial charge in [-0.15, -0.1) is 0 Å². The van der Waals surface area contributed by atoms with Crippen molar-refractivity contribution in [3.63, 3.8) is 0 Å². The van der Waals surface area contributed by atoms with Crippen LogP contribution >= 0.6 is 0 Å². The van der Waals surface area contributed by atoms with Crippen molar-refractivity contribution in [2.45, 2.75) is 58.6 Å². The zero-order valence-corrected chi connectivity index (χ0v) is 16.6. The fraction of sp³-hybridized carbons (Fsp3) is 0.500. The number of benzene rings is 1. The Morgan fingerprint density at radius 1 is 1.15 bits per heavy atom. The molecule has 1 atom stereocenters. The van der Waals surface area contributed by atoms with Crippen LogP contribution in [-0.2, 0) is 19.7 Å². The second-order valence-electron chi connectivity index (χ2n) is 8.27. The highest BCUT2D eigenvalue weighted by Gasteiger charge is 2.45. The largest absolute Gasteiger partial charge is 0.453 e. The van der Waals surface area contributed by atoms with Gasteiger partial charge in [-0.2, -0.15) is 0 Å². The third-order valence-electron chi connectivity index (χ3n) is 4.44. The molecule has 1 aromatic carbocycles. The molecule has 0 aliphatic carbocycles. The van der Waals surface area contributed by atoms with E-state index in [9.17, 15) is 19.2 Å². The molecule has 7 nitrogen and oxygen atoms in total. The number of urea groups is 1. The second kappa shape index (κ2) is 7.13. The molecule has 1 saturated heterocycles. The van der Waals surface area contributed by atoms with E-state index in [0.29, 0.717) is 5.56 Å². The minimum Gasteiger partial charge on any atom is -0.453 e. The van der Waals surface area contributed by atoms with Crippen LogP contribution in [0.15, 0.2) is 24.3 Å². The van der Waals surface area contributed by atoms with E-state index in [1.165, 1.54) is 6.92 Å². The van der Waals surface area contributed by atoms with E-state index in [4.69, 9.17) is 4.74 Å². The number of hydrogen-bond donors (Lipinski definition) is 1. The molecule has 1 aliphatic rings. The number of nitrogens with zero attached hydrogens (tertiary/aromatic N) is 1. The van der Waals surface area contributed by atoms with Crippen LogP contribution in [0.3, 0.4) is 0 Å². The molecule has 7 heteroatoms. The number of carbonyl (C=O) groups excluding carboxylic acids is 4. The molecule has 1 aliphatic heterocycles. The Labute approximate surface area is 159 Å². The Kier molecular flexibility index (Phi) is 5.45. The van der Waals surface area contributed by atoms with Crippen molar-refractivity contribution in [3.05, 3.63) is 35.4 Å². The fourth-order valence-electron chi connectivity index (χ4n) is 2.75. The molecule has 0 spiro atoms. The zero-order valence-electron chi connectivity index (χ0n) is 16.6. The number of amides is 3. The van der Waals surface area contributed by atoms with Crippen LogP contribution in [0.1, 0.15) is 57.5 Å². The van der Waals surface area contributed by atoms with E-state index in [1.807, 2.05) is 12.1 Å². The summed E-state index contributed by atoms with van der Waals surface area (Å²) in [7, 11) is 0. The molecule has 1 N–H and O–H groups in total. The summed E-state index contributed by atoms with van der Waals surface area (Å²) in [6.45, 7) is 10.3. The molecule has 0 bridgehead atoms. The number of nitrogens with one attached hydrogen (secondary N) is 1. The van der Waals surface area contributed by atoms with E-state index < -0.39 is 36.1 Å². The zero-order chi connectivity index (χ0) is 20.6. The minimum atomic E-state index is -1.06. The molecular weight excluding hydrogens is 348 g/mol. The molecule has 0 radical (unpaired) electrons. The van der Waals surface area contributed by atoms with Gasteiger partial charge < -0.3 is 10.1 Å². The van der Waals surface area contributed by atoms with Crippen LogP contribution in [0.2, 0.25) is 0 Å². The maximum absolute atomic E-state index is 12.5. The standard InChI is InChI=1S/C20H26N2O5/c1-12(16(24)13-7-9-14(10-8-13)19(2,3)4)27-15(23)11-22-17(25)20(5,6)21-18(22)26/h7-10,12H,11H2,1-6H3,(H,21,26)/t12-/m1/s1. The maximum atomic E-state index is 12.5. The quantitative estimate of drug-likeness (QED) is 0.485. The van der Waals surface area contributed by atoms with Crippen molar-refractivity contribution in [2.75, 3.05) is 6.54 Å². The Morgan fingerprint density at radius 3 is 2.15 bits per heavy atom. The van der Waals surface area contributed by atoms with Gasteiger partial charge in [-0.3, -0.25) is 19.3 Å². The Balaban J connectivity index is 1.99. The molecular formula is C20H26N2O5. The van der Waals surface area contributed by atoms with Gasteiger partial charge in [0.25, 0.3) is 5.91 Å². The summed E-state index contributed by atoms with van der Waals surface area (Å²) in [5.74, 6) is -1.68. The summed E-state index contributed by atoms with van der Waals surface area (Å²) >= 11 is 0. The topological polar surface area (TPSA) is 92.8 Å².